The average molecular weight is 244 g/mol. The van der Waals surface area contributed by atoms with Gasteiger partial charge >= 0.3 is 5.97 Å². The quantitative estimate of drug-likeness (QED) is 0.257. The van der Waals surface area contributed by atoms with Crippen LogP contribution >= 0.6 is 0 Å². The molecular formula is C10H20N4O3. The van der Waals surface area contributed by atoms with Gasteiger partial charge in [0.15, 0.2) is 5.96 Å². The first-order chi connectivity index (χ1) is 7.91. The molecule has 0 aliphatic rings. The zero-order valence-electron chi connectivity index (χ0n) is 9.98. The summed E-state index contributed by atoms with van der Waals surface area (Å²) < 4.78 is 0. The second-order valence-corrected chi connectivity index (χ2v) is 3.81. The number of amides is 1. The minimum Gasteiger partial charge on any atom is -0.481 e. The van der Waals surface area contributed by atoms with Gasteiger partial charge in [0.2, 0.25) is 5.91 Å². The van der Waals surface area contributed by atoms with Crippen LogP contribution in [-0.2, 0) is 9.59 Å². The second kappa shape index (κ2) is 8.37. The summed E-state index contributed by atoms with van der Waals surface area (Å²) in [6, 6.07) is -0.00880. The number of carbonyl (C=O) groups is 2. The SMILES string of the molecule is CC(CCCN=C(N)N)NC(=O)CCC(=O)O. The van der Waals surface area contributed by atoms with Crippen molar-refractivity contribution >= 4 is 17.8 Å². The Morgan fingerprint density at radius 3 is 2.53 bits per heavy atom. The lowest BCUT2D eigenvalue weighted by Crippen LogP contribution is -2.32. The summed E-state index contributed by atoms with van der Waals surface area (Å²) in [4.78, 5) is 25.3. The molecule has 7 nitrogen and oxygen atoms in total. The first-order valence-electron chi connectivity index (χ1n) is 5.48. The second-order valence-electron chi connectivity index (χ2n) is 3.81. The molecule has 98 valence electrons. The van der Waals surface area contributed by atoms with E-state index in [2.05, 4.69) is 10.3 Å². The fraction of sp³-hybridized carbons (Fsp3) is 0.700. The van der Waals surface area contributed by atoms with Crippen molar-refractivity contribution in [2.45, 2.75) is 38.6 Å². The van der Waals surface area contributed by atoms with Crippen molar-refractivity contribution in [3.05, 3.63) is 0 Å². The fourth-order valence-electron chi connectivity index (χ4n) is 1.25. The highest BCUT2D eigenvalue weighted by Gasteiger charge is 2.08. The Bertz CT molecular complexity index is 287. The number of aliphatic carboxylic acids is 1. The molecule has 0 heterocycles. The summed E-state index contributed by atoms with van der Waals surface area (Å²) in [6.07, 6.45) is 1.37. The van der Waals surface area contributed by atoms with E-state index in [1.54, 1.807) is 0 Å². The zero-order valence-corrected chi connectivity index (χ0v) is 9.98. The van der Waals surface area contributed by atoms with E-state index < -0.39 is 5.97 Å². The lowest BCUT2D eigenvalue weighted by atomic mass is 10.1. The highest BCUT2D eigenvalue weighted by molar-refractivity contribution is 5.80. The van der Waals surface area contributed by atoms with Crippen LogP contribution in [0.5, 0.6) is 0 Å². The molecule has 0 radical (unpaired) electrons. The molecule has 7 heteroatoms. The van der Waals surface area contributed by atoms with Crippen LogP contribution in [0.3, 0.4) is 0 Å². The van der Waals surface area contributed by atoms with E-state index in [9.17, 15) is 9.59 Å². The van der Waals surface area contributed by atoms with Gasteiger partial charge in [-0.05, 0) is 19.8 Å². The van der Waals surface area contributed by atoms with Crippen LogP contribution < -0.4 is 16.8 Å². The van der Waals surface area contributed by atoms with Crippen molar-refractivity contribution in [2.24, 2.45) is 16.5 Å². The number of nitrogens with one attached hydrogen (secondary N) is 1. The first-order valence-corrected chi connectivity index (χ1v) is 5.48. The van der Waals surface area contributed by atoms with Gasteiger partial charge in [0.25, 0.3) is 0 Å². The highest BCUT2D eigenvalue weighted by atomic mass is 16.4. The summed E-state index contributed by atoms with van der Waals surface area (Å²) in [5.74, 6) is -1.16. The van der Waals surface area contributed by atoms with Gasteiger partial charge in [-0.3, -0.25) is 14.6 Å². The number of hydrogen-bond donors (Lipinski definition) is 4. The van der Waals surface area contributed by atoms with E-state index >= 15 is 0 Å². The minimum absolute atomic E-state index is 0.00751. The summed E-state index contributed by atoms with van der Waals surface area (Å²) in [5.41, 5.74) is 10.3. The van der Waals surface area contributed by atoms with E-state index in [1.807, 2.05) is 6.92 Å². The number of nitrogens with zero attached hydrogens (tertiary/aromatic N) is 1. The summed E-state index contributed by atoms with van der Waals surface area (Å²) in [6.45, 7) is 2.38. The number of guanidine groups is 1. The van der Waals surface area contributed by atoms with Gasteiger partial charge in [-0.15, -0.1) is 0 Å². The molecule has 1 amide bonds. The number of carboxylic acid groups (broad SMARTS) is 1. The maximum Gasteiger partial charge on any atom is 0.303 e. The Kier molecular flexibility index (Phi) is 7.49. The minimum atomic E-state index is -0.972. The van der Waals surface area contributed by atoms with Crippen LogP contribution in [0.25, 0.3) is 0 Å². The predicted molar refractivity (Wildman–Crippen MR) is 64.4 cm³/mol. The molecule has 0 saturated heterocycles. The Morgan fingerprint density at radius 2 is 2.00 bits per heavy atom. The third-order valence-electron chi connectivity index (χ3n) is 2.06. The van der Waals surface area contributed by atoms with Gasteiger partial charge in [-0.1, -0.05) is 0 Å². The van der Waals surface area contributed by atoms with Gasteiger partial charge in [-0.25, -0.2) is 0 Å². The molecular weight excluding hydrogens is 224 g/mol. The van der Waals surface area contributed by atoms with E-state index in [1.165, 1.54) is 0 Å². The van der Waals surface area contributed by atoms with E-state index in [0.717, 1.165) is 12.8 Å². The fourth-order valence-corrected chi connectivity index (χ4v) is 1.25. The molecule has 6 N–H and O–H groups in total. The van der Waals surface area contributed by atoms with Gasteiger partial charge in [-0.2, -0.15) is 0 Å². The molecule has 0 aliphatic heterocycles. The standard InChI is InChI=1S/C10H20N4O3/c1-7(3-2-6-13-10(11)12)14-8(15)4-5-9(16)17/h7H,2-6H2,1H3,(H,14,15)(H,16,17)(H4,11,12,13). The van der Waals surface area contributed by atoms with Gasteiger partial charge < -0.3 is 21.9 Å². The van der Waals surface area contributed by atoms with Crippen molar-refractivity contribution in [2.75, 3.05) is 6.54 Å². The molecule has 17 heavy (non-hydrogen) atoms. The van der Waals surface area contributed by atoms with Crippen molar-refractivity contribution in [1.82, 2.24) is 5.32 Å². The third kappa shape index (κ3) is 10.5. The monoisotopic (exact) mass is 244 g/mol. The first kappa shape index (κ1) is 15.2. The maximum absolute atomic E-state index is 11.3. The molecule has 0 aliphatic carbocycles. The molecule has 0 bridgehead atoms. The van der Waals surface area contributed by atoms with Crippen LogP contribution in [0.2, 0.25) is 0 Å². The van der Waals surface area contributed by atoms with E-state index in [4.69, 9.17) is 16.6 Å². The number of carboxylic acids is 1. The summed E-state index contributed by atoms with van der Waals surface area (Å²) in [7, 11) is 0. The molecule has 0 aromatic carbocycles. The summed E-state index contributed by atoms with van der Waals surface area (Å²) in [5, 5.41) is 11.1. The van der Waals surface area contributed by atoms with Crippen LogP contribution in [-0.4, -0.2) is 35.5 Å². The lowest BCUT2D eigenvalue weighted by molar-refractivity contribution is -0.138. The smallest absolute Gasteiger partial charge is 0.303 e. The Labute approximate surface area is 100 Å². The van der Waals surface area contributed by atoms with Crippen LogP contribution in [0.15, 0.2) is 4.99 Å². The molecule has 0 fully saturated rings. The molecule has 1 unspecified atom stereocenters. The zero-order chi connectivity index (χ0) is 13.3. The van der Waals surface area contributed by atoms with E-state index in [0.29, 0.717) is 6.54 Å². The maximum atomic E-state index is 11.3. The lowest BCUT2D eigenvalue weighted by Gasteiger charge is -2.12. The third-order valence-corrected chi connectivity index (χ3v) is 2.06. The number of carbonyl (C=O) groups excluding carboxylic acids is 1. The van der Waals surface area contributed by atoms with E-state index in [-0.39, 0.29) is 30.8 Å². The summed E-state index contributed by atoms with van der Waals surface area (Å²) >= 11 is 0. The Hall–Kier alpha value is -1.79. The average Bonchev–Trinajstić information content (AvgIpc) is 2.21. The largest absolute Gasteiger partial charge is 0.481 e. The van der Waals surface area contributed by atoms with Crippen LogP contribution in [0.1, 0.15) is 32.6 Å². The predicted octanol–water partition coefficient (Wildman–Crippen LogP) is -0.590. The Morgan fingerprint density at radius 1 is 1.35 bits per heavy atom. The molecule has 0 aromatic heterocycles. The molecule has 0 spiro atoms. The van der Waals surface area contributed by atoms with Crippen molar-refractivity contribution in [3.8, 4) is 0 Å². The van der Waals surface area contributed by atoms with Crippen molar-refractivity contribution < 1.29 is 14.7 Å². The molecule has 0 aromatic rings. The van der Waals surface area contributed by atoms with Crippen molar-refractivity contribution in [1.29, 1.82) is 0 Å². The van der Waals surface area contributed by atoms with Gasteiger partial charge in [0.05, 0.1) is 6.42 Å². The van der Waals surface area contributed by atoms with Gasteiger partial charge in [0, 0.05) is 19.0 Å². The highest BCUT2D eigenvalue weighted by Crippen LogP contribution is 1.98. The molecule has 0 saturated carbocycles. The molecule has 0 rings (SSSR count). The number of rotatable bonds is 8. The number of hydrogen-bond acceptors (Lipinski definition) is 3. The topological polar surface area (TPSA) is 131 Å². The van der Waals surface area contributed by atoms with Crippen molar-refractivity contribution in [3.63, 3.8) is 0 Å². The molecule has 1 atom stereocenters. The van der Waals surface area contributed by atoms with Crippen LogP contribution in [0, 0.1) is 0 Å². The van der Waals surface area contributed by atoms with Crippen LogP contribution in [0.4, 0.5) is 0 Å². The van der Waals surface area contributed by atoms with Gasteiger partial charge in [0.1, 0.15) is 0 Å². The number of aliphatic imine (C=N–C) groups is 1. The normalized spacial score (nSPS) is 11.6. The number of nitrogens with two attached hydrogens (primary N) is 2. The Balaban J connectivity index is 3.64.